The molecule has 2 unspecified atom stereocenters. The van der Waals surface area contributed by atoms with E-state index < -0.39 is 17.6 Å². The SMILES string of the molecule is CCCN1CCC(C(=O)O)C1(OC)c1ccnc2ccccc12. The number of carbonyl (C=O) groups is 1. The van der Waals surface area contributed by atoms with Gasteiger partial charge in [-0.2, -0.15) is 0 Å². The van der Waals surface area contributed by atoms with Crippen molar-refractivity contribution in [1.82, 2.24) is 9.88 Å². The Balaban J connectivity index is 2.25. The molecule has 2 heterocycles. The summed E-state index contributed by atoms with van der Waals surface area (Å²) in [6.45, 7) is 3.61. The van der Waals surface area contributed by atoms with Crippen molar-refractivity contribution in [3.05, 3.63) is 42.1 Å². The zero-order valence-electron chi connectivity index (χ0n) is 13.5. The van der Waals surface area contributed by atoms with Crippen LogP contribution >= 0.6 is 0 Å². The molecule has 1 saturated heterocycles. The maximum absolute atomic E-state index is 11.9. The number of carboxylic acid groups (broad SMARTS) is 1. The lowest BCUT2D eigenvalue weighted by Crippen LogP contribution is -2.49. The number of rotatable bonds is 5. The first-order valence-corrected chi connectivity index (χ1v) is 8.02. The van der Waals surface area contributed by atoms with Crippen LogP contribution in [-0.2, 0) is 15.3 Å². The quantitative estimate of drug-likeness (QED) is 0.919. The van der Waals surface area contributed by atoms with Crippen LogP contribution in [0.5, 0.6) is 0 Å². The van der Waals surface area contributed by atoms with E-state index in [0.717, 1.165) is 36.0 Å². The summed E-state index contributed by atoms with van der Waals surface area (Å²) in [5.41, 5.74) is 0.808. The number of aliphatic carboxylic acids is 1. The van der Waals surface area contributed by atoms with Crippen LogP contribution in [-0.4, -0.2) is 41.2 Å². The van der Waals surface area contributed by atoms with Crippen molar-refractivity contribution < 1.29 is 14.6 Å². The van der Waals surface area contributed by atoms with E-state index in [4.69, 9.17) is 4.74 Å². The average Bonchev–Trinajstić information content (AvgIpc) is 2.94. The number of pyridine rings is 1. The van der Waals surface area contributed by atoms with Gasteiger partial charge in [0.25, 0.3) is 0 Å². The van der Waals surface area contributed by atoms with Crippen molar-refractivity contribution in [1.29, 1.82) is 0 Å². The van der Waals surface area contributed by atoms with Crippen LogP contribution in [0.4, 0.5) is 0 Å². The number of aromatic nitrogens is 1. The Hall–Kier alpha value is -1.98. The molecule has 1 aromatic carbocycles. The summed E-state index contributed by atoms with van der Waals surface area (Å²) >= 11 is 0. The highest BCUT2D eigenvalue weighted by atomic mass is 16.5. The molecule has 0 radical (unpaired) electrons. The van der Waals surface area contributed by atoms with Crippen molar-refractivity contribution in [2.75, 3.05) is 20.2 Å². The first-order chi connectivity index (χ1) is 11.1. The van der Waals surface area contributed by atoms with E-state index in [-0.39, 0.29) is 0 Å². The van der Waals surface area contributed by atoms with Gasteiger partial charge < -0.3 is 9.84 Å². The normalized spacial score (nSPS) is 25.0. The Morgan fingerprint density at radius 3 is 2.91 bits per heavy atom. The van der Waals surface area contributed by atoms with E-state index in [1.165, 1.54) is 0 Å². The second-order valence-electron chi connectivity index (χ2n) is 5.94. The van der Waals surface area contributed by atoms with Gasteiger partial charge in [0.05, 0.1) is 5.52 Å². The fraction of sp³-hybridized carbons (Fsp3) is 0.444. The van der Waals surface area contributed by atoms with Gasteiger partial charge in [-0.05, 0) is 25.0 Å². The van der Waals surface area contributed by atoms with Crippen LogP contribution in [0.25, 0.3) is 10.9 Å². The topological polar surface area (TPSA) is 62.7 Å². The lowest BCUT2D eigenvalue weighted by atomic mass is 9.87. The predicted molar refractivity (Wildman–Crippen MR) is 88.0 cm³/mol. The smallest absolute Gasteiger partial charge is 0.311 e. The van der Waals surface area contributed by atoms with Gasteiger partial charge in [-0.1, -0.05) is 25.1 Å². The molecule has 1 N–H and O–H groups in total. The van der Waals surface area contributed by atoms with Crippen molar-refractivity contribution >= 4 is 16.9 Å². The number of methoxy groups -OCH3 is 1. The Morgan fingerprint density at radius 1 is 1.43 bits per heavy atom. The number of benzene rings is 1. The van der Waals surface area contributed by atoms with E-state index in [9.17, 15) is 9.90 Å². The molecule has 0 amide bonds. The van der Waals surface area contributed by atoms with E-state index in [2.05, 4.69) is 16.8 Å². The number of ether oxygens (including phenoxy) is 1. The molecule has 1 aliphatic heterocycles. The summed E-state index contributed by atoms with van der Waals surface area (Å²) < 4.78 is 5.95. The highest BCUT2D eigenvalue weighted by Gasteiger charge is 2.54. The summed E-state index contributed by atoms with van der Waals surface area (Å²) in [5.74, 6) is -1.41. The zero-order chi connectivity index (χ0) is 16.4. The van der Waals surface area contributed by atoms with Gasteiger partial charge in [-0.25, -0.2) is 0 Å². The molecule has 3 rings (SSSR count). The summed E-state index contributed by atoms with van der Waals surface area (Å²) in [6, 6.07) is 9.71. The minimum absolute atomic E-state index is 0.583. The number of para-hydroxylation sites is 1. The first kappa shape index (κ1) is 15.9. The molecule has 0 spiro atoms. The Labute approximate surface area is 135 Å². The fourth-order valence-corrected chi connectivity index (χ4v) is 3.85. The van der Waals surface area contributed by atoms with Crippen molar-refractivity contribution in [2.45, 2.75) is 25.5 Å². The second-order valence-corrected chi connectivity index (χ2v) is 5.94. The van der Waals surface area contributed by atoms with Gasteiger partial charge in [-0.15, -0.1) is 0 Å². The molecule has 2 aromatic rings. The largest absolute Gasteiger partial charge is 0.481 e. The van der Waals surface area contributed by atoms with E-state index in [1.807, 2.05) is 30.3 Å². The minimum atomic E-state index is -0.940. The number of fused-ring (bicyclic) bond motifs is 1. The van der Waals surface area contributed by atoms with Crippen LogP contribution in [0.1, 0.15) is 25.3 Å². The Bertz CT molecular complexity index is 713. The van der Waals surface area contributed by atoms with Crippen molar-refractivity contribution in [3.8, 4) is 0 Å². The molecule has 1 aliphatic rings. The van der Waals surface area contributed by atoms with Gasteiger partial charge >= 0.3 is 5.97 Å². The maximum Gasteiger partial charge on any atom is 0.311 e. The number of hydrogen-bond acceptors (Lipinski definition) is 4. The Morgan fingerprint density at radius 2 is 2.22 bits per heavy atom. The molecule has 5 nitrogen and oxygen atoms in total. The molecular weight excluding hydrogens is 292 g/mol. The maximum atomic E-state index is 11.9. The van der Waals surface area contributed by atoms with Crippen LogP contribution in [0.3, 0.4) is 0 Å². The predicted octanol–water partition coefficient (Wildman–Crippen LogP) is 2.85. The molecule has 0 saturated carbocycles. The van der Waals surface area contributed by atoms with Gasteiger partial charge in [0.1, 0.15) is 5.92 Å². The molecule has 5 heteroatoms. The Kier molecular flexibility index (Phi) is 4.33. The highest BCUT2D eigenvalue weighted by molar-refractivity contribution is 5.84. The van der Waals surface area contributed by atoms with Gasteiger partial charge in [-0.3, -0.25) is 14.7 Å². The van der Waals surface area contributed by atoms with Crippen molar-refractivity contribution in [2.24, 2.45) is 5.92 Å². The third kappa shape index (κ3) is 2.40. The summed E-state index contributed by atoms with van der Waals surface area (Å²) in [7, 11) is 1.61. The minimum Gasteiger partial charge on any atom is -0.481 e. The third-order valence-corrected chi connectivity index (χ3v) is 4.77. The number of carboxylic acids is 1. The lowest BCUT2D eigenvalue weighted by Gasteiger charge is -2.40. The molecular formula is C18H22N2O3. The summed E-state index contributed by atoms with van der Waals surface area (Å²) in [4.78, 5) is 18.5. The summed E-state index contributed by atoms with van der Waals surface area (Å²) in [5, 5.41) is 10.7. The van der Waals surface area contributed by atoms with Crippen molar-refractivity contribution in [3.63, 3.8) is 0 Å². The van der Waals surface area contributed by atoms with E-state index in [1.54, 1.807) is 13.3 Å². The third-order valence-electron chi connectivity index (χ3n) is 4.77. The van der Waals surface area contributed by atoms with Crippen LogP contribution < -0.4 is 0 Å². The zero-order valence-corrected chi connectivity index (χ0v) is 13.5. The first-order valence-electron chi connectivity index (χ1n) is 8.02. The number of nitrogens with zero attached hydrogens (tertiary/aromatic N) is 2. The second kappa shape index (κ2) is 6.26. The molecule has 1 fully saturated rings. The summed E-state index contributed by atoms with van der Waals surface area (Å²) in [6.07, 6.45) is 3.26. The van der Waals surface area contributed by atoms with Crippen LogP contribution in [0.2, 0.25) is 0 Å². The number of likely N-dealkylation sites (tertiary alicyclic amines) is 1. The lowest BCUT2D eigenvalue weighted by molar-refractivity contribution is -0.175. The van der Waals surface area contributed by atoms with E-state index in [0.29, 0.717) is 6.42 Å². The number of hydrogen-bond donors (Lipinski definition) is 1. The molecule has 0 aliphatic carbocycles. The van der Waals surface area contributed by atoms with Gasteiger partial charge in [0.2, 0.25) is 0 Å². The average molecular weight is 314 g/mol. The highest BCUT2D eigenvalue weighted by Crippen LogP contribution is 2.46. The molecule has 1 aromatic heterocycles. The monoisotopic (exact) mass is 314 g/mol. The molecule has 23 heavy (non-hydrogen) atoms. The van der Waals surface area contributed by atoms with Crippen LogP contribution in [0.15, 0.2) is 36.5 Å². The van der Waals surface area contributed by atoms with Gasteiger partial charge in [0.15, 0.2) is 5.72 Å². The fourth-order valence-electron chi connectivity index (χ4n) is 3.85. The van der Waals surface area contributed by atoms with E-state index >= 15 is 0 Å². The van der Waals surface area contributed by atoms with Crippen LogP contribution in [0, 0.1) is 5.92 Å². The standard InChI is InChI=1S/C18H22N2O3/c1-3-11-20-12-9-15(17(21)22)18(20,23-2)14-8-10-19-16-7-5-4-6-13(14)16/h4-8,10,15H,3,9,11-12H2,1-2H3,(H,21,22). The van der Waals surface area contributed by atoms with Gasteiger partial charge in [0, 0.05) is 37.3 Å². The molecule has 122 valence electrons. The molecule has 0 bridgehead atoms. The molecule has 2 atom stereocenters.